The van der Waals surface area contributed by atoms with Crippen molar-refractivity contribution in [1.29, 1.82) is 0 Å². The number of carbonyl (C=O) groups is 3. The van der Waals surface area contributed by atoms with E-state index in [-0.39, 0.29) is 24.5 Å². The lowest BCUT2D eigenvalue weighted by Crippen LogP contribution is -2.51. The molecule has 2 fully saturated rings. The Morgan fingerprint density at radius 3 is 2.62 bits per heavy atom. The Labute approximate surface area is 204 Å². The molecule has 2 saturated heterocycles. The Kier molecular flexibility index (Phi) is 7.38. The first-order chi connectivity index (χ1) is 16.4. The molecule has 2 aromatic rings. The molecule has 0 saturated carbocycles. The van der Waals surface area contributed by atoms with Crippen molar-refractivity contribution in [1.82, 2.24) is 15.1 Å². The number of likely N-dealkylation sites (tertiary alicyclic amines) is 1. The fourth-order valence-corrected chi connectivity index (χ4v) is 4.68. The van der Waals surface area contributed by atoms with Gasteiger partial charge in [0, 0.05) is 49.0 Å². The van der Waals surface area contributed by atoms with E-state index in [1.54, 1.807) is 36.2 Å². The van der Waals surface area contributed by atoms with Gasteiger partial charge in [0.05, 0.1) is 0 Å². The predicted octanol–water partition coefficient (Wildman–Crippen LogP) is 3.43. The number of amides is 3. The zero-order chi connectivity index (χ0) is 24.2. The summed E-state index contributed by atoms with van der Waals surface area (Å²) >= 11 is 6.13. The maximum Gasteiger partial charge on any atom is 0.410 e. The minimum atomic E-state index is -0.702. The highest BCUT2D eigenvalue weighted by Gasteiger charge is 2.43. The molecule has 2 aromatic carbocycles. The number of ether oxygens (including phenoxy) is 1. The highest BCUT2D eigenvalue weighted by molar-refractivity contribution is 6.31. The van der Waals surface area contributed by atoms with E-state index in [9.17, 15) is 14.4 Å². The standard InChI is InChI=1S/C25H29ClN4O4/c1-16-12-17(6-7-21(16)26)14-29-10-8-20(9-11-29)30-22(15-34-25(30)33)24(32)28-19-5-3-4-18(13-19)23(31)27-2/h3-7,12-13,20,22H,8-11,14-15H2,1-2H3,(H,27,31)(H,28,32)/t22-/m0/s1. The Hall–Kier alpha value is -3.10. The summed E-state index contributed by atoms with van der Waals surface area (Å²) in [5.41, 5.74) is 3.21. The van der Waals surface area contributed by atoms with Crippen molar-refractivity contribution in [3.05, 3.63) is 64.2 Å². The SMILES string of the molecule is CNC(=O)c1cccc(NC(=O)[C@@H]2COC(=O)N2C2CCN(Cc3ccc(Cl)c(C)c3)CC2)c1. The summed E-state index contributed by atoms with van der Waals surface area (Å²) in [6.07, 6.45) is 1.07. The zero-order valence-electron chi connectivity index (χ0n) is 19.3. The molecule has 2 aliphatic heterocycles. The van der Waals surface area contributed by atoms with Crippen LogP contribution in [0.25, 0.3) is 0 Å². The van der Waals surface area contributed by atoms with Crippen LogP contribution in [-0.2, 0) is 16.1 Å². The first-order valence-corrected chi connectivity index (χ1v) is 11.8. The Morgan fingerprint density at radius 2 is 1.91 bits per heavy atom. The van der Waals surface area contributed by atoms with Crippen LogP contribution in [0.5, 0.6) is 0 Å². The van der Waals surface area contributed by atoms with Gasteiger partial charge in [0.25, 0.3) is 11.8 Å². The molecule has 2 N–H and O–H groups in total. The molecular weight excluding hydrogens is 456 g/mol. The van der Waals surface area contributed by atoms with E-state index in [2.05, 4.69) is 21.6 Å². The number of halogens is 1. The summed E-state index contributed by atoms with van der Waals surface area (Å²) in [6.45, 7) is 4.47. The summed E-state index contributed by atoms with van der Waals surface area (Å²) in [6, 6.07) is 12.0. The van der Waals surface area contributed by atoms with Crippen LogP contribution in [-0.4, -0.2) is 66.5 Å². The molecule has 9 heteroatoms. The van der Waals surface area contributed by atoms with E-state index in [0.29, 0.717) is 11.3 Å². The van der Waals surface area contributed by atoms with Gasteiger partial charge in [-0.05, 0) is 55.2 Å². The number of hydrogen-bond donors (Lipinski definition) is 2. The first-order valence-electron chi connectivity index (χ1n) is 11.4. The molecule has 34 heavy (non-hydrogen) atoms. The number of nitrogens with zero attached hydrogens (tertiary/aromatic N) is 2. The smallest absolute Gasteiger partial charge is 0.410 e. The van der Waals surface area contributed by atoms with E-state index >= 15 is 0 Å². The van der Waals surface area contributed by atoms with Gasteiger partial charge in [-0.25, -0.2) is 4.79 Å². The second-order valence-electron chi connectivity index (χ2n) is 8.74. The number of rotatable bonds is 6. The van der Waals surface area contributed by atoms with Crippen molar-refractivity contribution >= 4 is 35.2 Å². The molecule has 0 bridgehead atoms. The highest BCUT2D eigenvalue weighted by atomic mass is 35.5. The van der Waals surface area contributed by atoms with Crippen molar-refractivity contribution < 1.29 is 19.1 Å². The average Bonchev–Trinajstić information content (AvgIpc) is 3.23. The quantitative estimate of drug-likeness (QED) is 0.655. The highest BCUT2D eigenvalue weighted by Crippen LogP contribution is 2.26. The van der Waals surface area contributed by atoms with Crippen LogP contribution in [0, 0.1) is 6.92 Å². The van der Waals surface area contributed by atoms with Crippen LogP contribution in [0.1, 0.15) is 34.3 Å². The van der Waals surface area contributed by atoms with Gasteiger partial charge in [0.1, 0.15) is 12.6 Å². The lowest BCUT2D eigenvalue weighted by Gasteiger charge is -2.37. The molecule has 0 aromatic heterocycles. The molecule has 1 atom stereocenters. The van der Waals surface area contributed by atoms with Crippen LogP contribution in [0.3, 0.4) is 0 Å². The normalized spacial score (nSPS) is 19.1. The lowest BCUT2D eigenvalue weighted by atomic mass is 10.0. The molecule has 2 heterocycles. The predicted molar refractivity (Wildman–Crippen MR) is 130 cm³/mol. The van der Waals surface area contributed by atoms with Crippen molar-refractivity contribution in [2.75, 3.05) is 32.1 Å². The lowest BCUT2D eigenvalue weighted by molar-refractivity contribution is -0.120. The summed E-state index contributed by atoms with van der Waals surface area (Å²) in [7, 11) is 1.55. The summed E-state index contributed by atoms with van der Waals surface area (Å²) in [4.78, 5) is 41.3. The van der Waals surface area contributed by atoms with Gasteiger partial charge in [0.2, 0.25) is 0 Å². The molecule has 180 valence electrons. The number of hydrogen-bond acceptors (Lipinski definition) is 5. The molecular formula is C25H29ClN4O4. The van der Waals surface area contributed by atoms with Gasteiger partial charge in [-0.3, -0.25) is 19.4 Å². The second kappa shape index (κ2) is 10.4. The molecule has 8 nitrogen and oxygen atoms in total. The number of aryl methyl sites for hydroxylation is 1. The average molecular weight is 485 g/mol. The molecule has 0 unspecified atom stereocenters. The van der Waals surface area contributed by atoms with E-state index in [1.807, 2.05) is 19.1 Å². The number of anilines is 1. The van der Waals surface area contributed by atoms with Crippen molar-refractivity contribution in [2.24, 2.45) is 0 Å². The van der Waals surface area contributed by atoms with Gasteiger partial charge < -0.3 is 15.4 Å². The first kappa shape index (κ1) is 24.0. The van der Waals surface area contributed by atoms with Crippen LogP contribution in [0.15, 0.2) is 42.5 Å². The Morgan fingerprint density at radius 1 is 1.15 bits per heavy atom. The van der Waals surface area contributed by atoms with Crippen LogP contribution in [0.4, 0.5) is 10.5 Å². The number of cyclic esters (lactones) is 1. The fourth-order valence-electron chi connectivity index (χ4n) is 4.56. The van der Waals surface area contributed by atoms with Gasteiger partial charge in [0.15, 0.2) is 0 Å². The molecule has 0 spiro atoms. The third kappa shape index (κ3) is 5.34. The second-order valence-corrected chi connectivity index (χ2v) is 9.15. The number of nitrogens with one attached hydrogen (secondary N) is 2. The molecule has 0 aliphatic carbocycles. The van der Waals surface area contributed by atoms with Gasteiger partial charge in [-0.1, -0.05) is 29.8 Å². The molecule has 3 amide bonds. The Balaban J connectivity index is 1.37. The monoisotopic (exact) mass is 484 g/mol. The van der Waals surface area contributed by atoms with Gasteiger partial charge >= 0.3 is 6.09 Å². The van der Waals surface area contributed by atoms with Crippen LogP contribution in [0.2, 0.25) is 5.02 Å². The number of benzene rings is 2. The topological polar surface area (TPSA) is 91.0 Å². The molecule has 4 rings (SSSR count). The third-order valence-corrected chi connectivity index (χ3v) is 6.84. The summed E-state index contributed by atoms with van der Waals surface area (Å²) < 4.78 is 5.25. The minimum absolute atomic E-state index is 0.0179. The van der Waals surface area contributed by atoms with E-state index < -0.39 is 12.1 Å². The van der Waals surface area contributed by atoms with Crippen LogP contribution >= 0.6 is 11.6 Å². The van der Waals surface area contributed by atoms with E-state index in [0.717, 1.165) is 43.1 Å². The van der Waals surface area contributed by atoms with Gasteiger partial charge in [-0.15, -0.1) is 0 Å². The summed E-state index contributed by atoms with van der Waals surface area (Å²) in [5, 5.41) is 6.16. The summed E-state index contributed by atoms with van der Waals surface area (Å²) in [5.74, 6) is -0.559. The van der Waals surface area contributed by atoms with Crippen molar-refractivity contribution in [3.8, 4) is 0 Å². The van der Waals surface area contributed by atoms with Gasteiger partial charge in [-0.2, -0.15) is 0 Å². The Bertz CT molecular complexity index is 1080. The fraction of sp³-hybridized carbons (Fsp3) is 0.400. The van der Waals surface area contributed by atoms with Crippen molar-refractivity contribution in [2.45, 2.75) is 38.4 Å². The molecule has 0 radical (unpaired) electrons. The van der Waals surface area contributed by atoms with E-state index in [1.165, 1.54) is 5.56 Å². The maximum atomic E-state index is 13.0. The third-order valence-electron chi connectivity index (χ3n) is 6.41. The zero-order valence-corrected chi connectivity index (χ0v) is 20.1. The molecule has 2 aliphatic rings. The van der Waals surface area contributed by atoms with E-state index in [4.69, 9.17) is 16.3 Å². The minimum Gasteiger partial charge on any atom is -0.447 e. The van der Waals surface area contributed by atoms with Crippen LogP contribution < -0.4 is 10.6 Å². The number of carbonyl (C=O) groups excluding carboxylic acids is 3. The maximum absolute atomic E-state index is 13.0. The largest absolute Gasteiger partial charge is 0.447 e. The number of piperidine rings is 1. The van der Waals surface area contributed by atoms with Crippen molar-refractivity contribution in [3.63, 3.8) is 0 Å².